The number of carbonyl (C=O) groups is 2. The molecule has 0 spiro atoms. The van der Waals surface area contributed by atoms with Crippen LogP contribution in [-0.4, -0.2) is 41.0 Å². The minimum absolute atomic E-state index is 0.0843. The van der Waals surface area contributed by atoms with Gasteiger partial charge >= 0.3 is 19.8 Å². The molecule has 0 aliphatic heterocycles. The highest BCUT2D eigenvalue weighted by molar-refractivity contribution is 7.46. The minimum Gasteiger partial charge on any atom is -0.462 e. The molecular weight excluding hydrogens is 603 g/mol. The topological polar surface area (TPSA) is 119 Å². The van der Waals surface area contributed by atoms with Crippen molar-refractivity contribution in [2.75, 3.05) is 13.2 Å². The van der Waals surface area contributed by atoms with Gasteiger partial charge in [0.2, 0.25) is 0 Å². The summed E-state index contributed by atoms with van der Waals surface area (Å²) in [5.74, 6) is -0.994. The third-order valence-corrected chi connectivity index (χ3v) is 7.24. The Bertz CT molecular complexity index is 974. The van der Waals surface area contributed by atoms with Crippen molar-refractivity contribution in [3.8, 4) is 0 Å². The molecule has 2 N–H and O–H groups in total. The van der Waals surface area contributed by atoms with Gasteiger partial charge in [-0.05, 0) is 51.4 Å². The van der Waals surface area contributed by atoms with Crippen LogP contribution in [0.3, 0.4) is 0 Å². The molecule has 9 heteroatoms. The van der Waals surface area contributed by atoms with Crippen molar-refractivity contribution in [1.82, 2.24) is 0 Å². The summed E-state index contributed by atoms with van der Waals surface area (Å²) in [6.45, 7) is 3.45. The van der Waals surface area contributed by atoms with Crippen LogP contribution in [-0.2, 0) is 28.2 Å². The molecule has 0 saturated carbocycles. The van der Waals surface area contributed by atoms with Crippen molar-refractivity contribution >= 4 is 19.8 Å². The Kier molecular flexibility index (Phi) is 30.7. The van der Waals surface area contributed by atoms with Crippen molar-refractivity contribution in [1.29, 1.82) is 0 Å². The van der Waals surface area contributed by atoms with Gasteiger partial charge in [-0.2, -0.15) is 0 Å². The summed E-state index contributed by atoms with van der Waals surface area (Å²) in [6, 6.07) is 0. The lowest BCUT2D eigenvalue weighted by atomic mass is 10.1. The molecule has 0 saturated heterocycles. The third kappa shape index (κ3) is 34.4. The lowest BCUT2D eigenvalue weighted by molar-refractivity contribution is -0.161. The largest absolute Gasteiger partial charge is 0.469 e. The highest BCUT2D eigenvalue weighted by atomic mass is 31.2. The van der Waals surface area contributed by atoms with Crippen LogP contribution < -0.4 is 0 Å². The molecule has 0 radical (unpaired) electrons. The molecule has 1 atom stereocenters. The molecule has 0 heterocycles. The average molecular weight is 665 g/mol. The smallest absolute Gasteiger partial charge is 0.462 e. The number of carbonyl (C=O) groups excluding carboxylic acids is 2. The monoisotopic (exact) mass is 664 g/mol. The van der Waals surface area contributed by atoms with Gasteiger partial charge < -0.3 is 19.3 Å². The summed E-state index contributed by atoms with van der Waals surface area (Å²) in [7, 11) is -4.77. The quantitative estimate of drug-likeness (QED) is 0.0337. The molecule has 0 rings (SSSR count). The number of hydrogen-bond acceptors (Lipinski definition) is 6. The Morgan fingerprint density at radius 3 is 1.52 bits per heavy atom. The van der Waals surface area contributed by atoms with Gasteiger partial charge in [-0.15, -0.1) is 0 Å². The van der Waals surface area contributed by atoms with Gasteiger partial charge in [0.25, 0.3) is 0 Å². The van der Waals surface area contributed by atoms with E-state index in [4.69, 9.17) is 19.3 Å². The Morgan fingerprint density at radius 2 is 1.04 bits per heavy atom. The number of phosphoric ester groups is 1. The maximum Gasteiger partial charge on any atom is 0.469 e. The van der Waals surface area contributed by atoms with Crippen molar-refractivity contribution in [2.45, 2.75) is 136 Å². The molecular formula is C37H61O8P. The van der Waals surface area contributed by atoms with E-state index in [1.54, 1.807) is 0 Å². The van der Waals surface area contributed by atoms with Crippen LogP contribution in [0.4, 0.5) is 0 Å². The average Bonchev–Trinajstić information content (AvgIpc) is 3.02. The van der Waals surface area contributed by atoms with Gasteiger partial charge in [0.15, 0.2) is 6.10 Å². The van der Waals surface area contributed by atoms with Gasteiger partial charge in [-0.25, -0.2) is 4.57 Å². The van der Waals surface area contributed by atoms with Gasteiger partial charge in [0.05, 0.1) is 6.61 Å². The van der Waals surface area contributed by atoms with Gasteiger partial charge in [0.1, 0.15) is 6.61 Å². The number of rotatable bonds is 30. The summed E-state index contributed by atoms with van der Waals surface area (Å²) in [6.07, 6.45) is 40.7. The number of hydrogen-bond donors (Lipinski definition) is 2. The first kappa shape index (κ1) is 43.5. The van der Waals surface area contributed by atoms with Crippen LogP contribution in [0.25, 0.3) is 0 Å². The van der Waals surface area contributed by atoms with E-state index in [0.717, 1.165) is 57.8 Å². The molecule has 0 bridgehead atoms. The summed E-state index contributed by atoms with van der Waals surface area (Å²) >= 11 is 0. The second-order valence-electron chi connectivity index (χ2n) is 11.1. The molecule has 0 aromatic rings. The van der Waals surface area contributed by atoms with E-state index in [1.807, 2.05) is 12.2 Å². The van der Waals surface area contributed by atoms with E-state index in [2.05, 4.69) is 79.1 Å². The first-order valence-electron chi connectivity index (χ1n) is 17.2. The SMILES string of the molecule is CC/C=C\C/C=C\C/C=C\C/C=C\C/C=C\C/C=C\CCC(=O)OC(COC(=O)CCCCCCCCCCC)COP(=O)(O)O. The summed E-state index contributed by atoms with van der Waals surface area (Å²) < 4.78 is 26.1. The fraction of sp³-hybridized carbons (Fsp3) is 0.622. The third-order valence-electron chi connectivity index (χ3n) is 6.75. The van der Waals surface area contributed by atoms with Crippen molar-refractivity contribution in [2.24, 2.45) is 0 Å². The Morgan fingerprint density at radius 1 is 0.587 bits per heavy atom. The maximum absolute atomic E-state index is 12.3. The van der Waals surface area contributed by atoms with Crippen LogP contribution in [0.15, 0.2) is 72.9 Å². The zero-order valence-electron chi connectivity index (χ0n) is 28.4. The van der Waals surface area contributed by atoms with Gasteiger partial charge in [-0.1, -0.05) is 138 Å². The summed E-state index contributed by atoms with van der Waals surface area (Å²) in [5, 5.41) is 0. The fourth-order valence-electron chi connectivity index (χ4n) is 4.22. The molecule has 0 aliphatic rings. The molecule has 0 aromatic carbocycles. The molecule has 0 amide bonds. The highest BCUT2D eigenvalue weighted by Gasteiger charge is 2.22. The standard InChI is InChI=1S/C37H61O8P/c1-3-5-7-9-11-13-14-15-16-17-18-19-20-21-22-24-26-28-30-32-37(39)45-35(34-44-46(40,41)42)33-43-36(38)31-29-27-25-23-12-10-8-6-4-2/h5,7,11,13,15-16,18-19,21-22,26,28,35H,3-4,6,8-10,12,14,17,20,23-25,27,29-34H2,1-2H3,(H2,40,41,42)/b7-5-,13-11-,16-15-,19-18-,22-21-,28-26-. The van der Waals surface area contributed by atoms with E-state index >= 15 is 0 Å². The molecule has 262 valence electrons. The second-order valence-corrected chi connectivity index (χ2v) is 12.4. The molecule has 8 nitrogen and oxygen atoms in total. The number of phosphoric acid groups is 1. The predicted octanol–water partition coefficient (Wildman–Crippen LogP) is 9.95. The fourth-order valence-corrected chi connectivity index (χ4v) is 4.58. The van der Waals surface area contributed by atoms with Crippen LogP contribution in [0, 0.1) is 0 Å². The van der Waals surface area contributed by atoms with Crippen LogP contribution in [0.1, 0.15) is 129 Å². The summed E-state index contributed by atoms with van der Waals surface area (Å²) in [5.41, 5.74) is 0. The van der Waals surface area contributed by atoms with Crippen molar-refractivity contribution < 1.29 is 37.9 Å². The van der Waals surface area contributed by atoms with Gasteiger partial charge in [-0.3, -0.25) is 14.1 Å². The van der Waals surface area contributed by atoms with Crippen LogP contribution in [0.5, 0.6) is 0 Å². The molecule has 0 aliphatic carbocycles. The number of ether oxygens (including phenoxy) is 2. The van der Waals surface area contributed by atoms with E-state index in [1.165, 1.54) is 32.1 Å². The lowest BCUT2D eigenvalue weighted by Crippen LogP contribution is -2.29. The number of unbranched alkanes of at least 4 members (excludes halogenated alkanes) is 8. The van der Waals surface area contributed by atoms with E-state index in [-0.39, 0.29) is 19.4 Å². The van der Waals surface area contributed by atoms with E-state index in [0.29, 0.717) is 12.8 Å². The van der Waals surface area contributed by atoms with Gasteiger partial charge in [0, 0.05) is 12.8 Å². The first-order valence-corrected chi connectivity index (χ1v) is 18.8. The normalized spacial score (nSPS) is 13.4. The molecule has 0 aromatic heterocycles. The zero-order valence-corrected chi connectivity index (χ0v) is 29.3. The van der Waals surface area contributed by atoms with Crippen LogP contribution >= 0.6 is 7.82 Å². The number of esters is 2. The molecule has 0 fully saturated rings. The number of allylic oxidation sites excluding steroid dienone is 12. The van der Waals surface area contributed by atoms with Crippen molar-refractivity contribution in [3.63, 3.8) is 0 Å². The van der Waals surface area contributed by atoms with Crippen molar-refractivity contribution in [3.05, 3.63) is 72.9 Å². The van der Waals surface area contributed by atoms with E-state index in [9.17, 15) is 14.2 Å². The minimum atomic E-state index is -4.77. The maximum atomic E-state index is 12.3. The molecule has 46 heavy (non-hydrogen) atoms. The zero-order chi connectivity index (χ0) is 34.0. The summed E-state index contributed by atoms with van der Waals surface area (Å²) in [4.78, 5) is 42.4. The Hall–Kier alpha value is -2.51. The lowest BCUT2D eigenvalue weighted by Gasteiger charge is -2.18. The predicted molar refractivity (Wildman–Crippen MR) is 188 cm³/mol. The highest BCUT2D eigenvalue weighted by Crippen LogP contribution is 2.35. The van der Waals surface area contributed by atoms with Crippen LogP contribution in [0.2, 0.25) is 0 Å². The first-order chi connectivity index (χ1) is 22.3. The molecule has 1 unspecified atom stereocenters. The Labute approximate surface area is 279 Å². The van der Waals surface area contributed by atoms with E-state index < -0.39 is 32.5 Å². The Balaban J connectivity index is 4.17. The second kappa shape index (κ2) is 32.4.